The van der Waals surface area contributed by atoms with E-state index in [0.717, 1.165) is 19.3 Å². The Morgan fingerprint density at radius 2 is 2.16 bits per heavy atom. The summed E-state index contributed by atoms with van der Waals surface area (Å²) in [7, 11) is 0. The minimum Gasteiger partial charge on any atom is -0.482 e. The number of hydrogen-bond acceptors (Lipinski definition) is 4. The highest BCUT2D eigenvalue weighted by molar-refractivity contribution is 5.71. The highest BCUT2D eigenvalue weighted by Gasteiger charge is 2.24. The average Bonchev–Trinajstić information content (AvgIpc) is 2.39. The van der Waals surface area contributed by atoms with Crippen LogP contribution < -0.4 is 10.5 Å². The fourth-order valence-electron chi connectivity index (χ4n) is 2.41. The highest BCUT2D eigenvalue weighted by Crippen LogP contribution is 2.26. The van der Waals surface area contributed by atoms with Crippen LogP contribution in [0.4, 0.5) is 5.69 Å². The van der Waals surface area contributed by atoms with Gasteiger partial charge in [0, 0.05) is 11.8 Å². The van der Waals surface area contributed by atoms with E-state index in [1.165, 1.54) is 6.42 Å². The summed E-state index contributed by atoms with van der Waals surface area (Å²) in [5.74, 6) is 0.736. The van der Waals surface area contributed by atoms with E-state index in [1.54, 1.807) is 24.3 Å². The third-order valence-corrected chi connectivity index (χ3v) is 3.53. The molecule has 0 aromatic heterocycles. The molecular weight excluding hydrogens is 242 g/mol. The Morgan fingerprint density at radius 3 is 2.89 bits per heavy atom. The first-order valence-electron chi connectivity index (χ1n) is 6.83. The first kappa shape index (κ1) is 13.7. The van der Waals surface area contributed by atoms with Crippen LogP contribution in [0, 0.1) is 5.92 Å². The molecule has 2 N–H and O–H groups in total. The Labute approximate surface area is 113 Å². The van der Waals surface area contributed by atoms with Crippen LogP contribution in [0.3, 0.4) is 0 Å². The van der Waals surface area contributed by atoms with Gasteiger partial charge in [-0.2, -0.15) is 0 Å². The predicted octanol–water partition coefficient (Wildman–Crippen LogP) is 2.77. The lowest BCUT2D eigenvalue weighted by molar-refractivity contribution is -0.155. The quantitative estimate of drug-likeness (QED) is 0.670. The van der Waals surface area contributed by atoms with Crippen LogP contribution in [0.5, 0.6) is 5.75 Å². The van der Waals surface area contributed by atoms with Gasteiger partial charge in [0.1, 0.15) is 11.9 Å². The summed E-state index contributed by atoms with van der Waals surface area (Å²) >= 11 is 0. The van der Waals surface area contributed by atoms with Gasteiger partial charge in [-0.05, 0) is 37.3 Å². The van der Waals surface area contributed by atoms with E-state index in [4.69, 9.17) is 15.2 Å². The van der Waals surface area contributed by atoms with Gasteiger partial charge in [-0.3, -0.25) is 0 Å². The zero-order chi connectivity index (χ0) is 13.7. The van der Waals surface area contributed by atoms with E-state index >= 15 is 0 Å². The van der Waals surface area contributed by atoms with Crippen LogP contribution >= 0.6 is 0 Å². The molecule has 0 bridgehead atoms. The van der Waals surface area contributed by atoms with Crippen LogP contribution in [0.25, 0.3) is 0 Å². The van der Waals surface area contributed by atoms with E-state index in [-0.39, 0.29) is 18.7 Å². The second kappa shape index (κ2) is 6.45. The molecule has 1 aromatic rings. The maximum atomic E-state index is 11.7. The van der Waals surface area contributed by atoms with E-state index in [9.17, 15) is 4.79 Å². The van der Waals surface area contributed by atoms with Crippen LogP contribution in [0.2, 0.25) is 0 Å². The van der Waals surface area contributed by atoms with Crippen molar-refractivity contribution in [2.45, 2.75) is 38.7 Å². The third-order valence-electron chi connectivity index (χ3n) is 3.53. The molecule has 0 amide bonds. The normalized spacial score (nSPS) is 22.8. The number of rotatable bonds is 4. The molecule has 2 atom stereocenters. The summed E-state index contributed by atoms with van der Waals surface area (Å²) in [4.78, 5) is 11.7. The zero-order valence-corrected chi connectivity index (χ0v) is 11.3. The molecule has 4 heteroatoms. The lowest BCUT2D eigenvalue weighted by Gasteiger charge is -2.28. The van der Waals surface area contributed by atoms with E-state index < -0.39 is 0 Å². The van der Waals surface area contributed by atoms with Crippen molar-refractivity contribution in [3.63, 3.8) is 0 Å². The second-order valence-corrected chi connectivity index (χ2v) is 5.15. The number of anilines is 1. The summed E-state index contributed by atoms with van der Waals surface area (Å²) in [6.07, 6.45) is 4.51. The summed E-state index contributed by atoms with van der Waals surface area (Å²) in [5.41, 5.74) is 6.25. The fraction of sp³-hybridized carbons (Fsp3) is 0.533. The number of benzene rings is 1. The molecule has 1 saturated carbocycles. The van der Waals surface area contributed by atoms with E-state index in [0.29, 0.717) is 17.4 Å². The molecule has 0 heterocycles. The van der Waals surface area contributed by atoms with Gasteiger partial charge in [0.25, 0.3) is 0 Å². The monoisotopic (exact) mass is 263 g/mol. The van der Waals surface area contributed by atoms with Crippen LogP contribution in [-0.2, 0) is 9.53 Å². The summed E-state index contributed by atoms with van der Waals surface area (Å²) in [6, 6.07) is 7.03. The molecule has 19 heavy (non-hydrogen) atoms. The third kappa shape index (κ3) is 4.16. The average molecular weight is 263 g/mol. The Hall–Kier alpha value is -1.71. The maximum absolute atomic E-state index is 11.7. The van der Waals surface area contributed by atoms with Gasteiger partial charge < -0.3 is 15.2 Å². The smallest absolute Gasteiger partial charge is 0.344 e. The molecule has 1 aliphatic rings. The van der Waals surface area contributed by atoms with Gasteiger partial charge in [-0.25, -0.2) is 4.79 Å². The van der Waals surface area contributed by atoms with Crippen LogP contribution in [0.15, 0.2) is 24.3 Å². The number of nitrogen functional groups attached to an aromatic ring is 1. The molecule has 1 fully saturated rings. The van der Waals surface area contributed by atoms with Gasteiger partial charge >= 0.3 is 5.97 Å². The number of hydrogen-bond donors (Lipinski definition) is 1. The van der Waals surface area contributed by atoms with Crippen molar-refractivity contribution < 1.29 is 14.3 Å². The Bertz CT molecular complexity index is 433. The molecule has 104 valence electrons. The summed E-state index contributed by atoms with van der Waals surface area (Å²) in [5, 5.41) is 0. The lowest BCUT2D eigenvalue weighted by Crippen LogP contribution is -2.30. The van der Waals surface area contributed by atoms with Crippen molar-refractivity contribution >= 4 is 11.7 Å². The highest BCUT2D eigenvalue weighted by atomic mass is 16.6. The molecule has 0 radical (unpaired) electrons. The number of ether oxygens (including phenoxy) is 2. The number of nitrogens with two attached hydrogens (primary N) is 1. The molecule has 2 rings (SSSR count). The van der Waals surface area contributed by atoms with Crippen molar-refractivity contribution in [2.24, 2.45) is 5.92 Å². The SMILES string of the molecule is CC1CCCCC1OC(=O)COc1cccc(N)c1. The second-order valence-electron chi connectivity index (χ2n) is 5.15. The number of carbonyl (C=O) groups is 1. The first-order chi connectivity index (χ1) is 9.15. The van der Waals surface area contributed by atoms with Crippen molar-refractivity contribution in [1.82, 2.24) is 0 Å². The number of esters is 1. The topological polar surface area (TPSA) is 61.5 Å². The number of carbonyl (C=O) groups excluding carboxylic acids is 1. The van der Waals surface area contributed by atoms with Gasteiger partial charge in [-0.1, -0.05) is 19.4 Å². The maximum Gasteiger partial charge on any atom is 0.344 e. The van der Waals surface area contributed by atoms with Crippen molar-refractivity contribution in [1.29, 1.82) is 0 Å². The van der Waals surface area contributed by atoms with E-state index in [1.807, 2.05) is 0 Å². The van der Waals surface area contributed by atoms with Gasteiger partial charge in [0.05, 0.1) is 0 Å². The molecule has 0 spiro atoms. The molecular formula is C15H21NO3. The molecule has 0 aliphatic heterocycles. The van der Waals surface area contributed by atoms with Crippen molar-refractivity contribution in [3.05, 3.63) is 24.3 Å². The summed E-state index contributed by atoms with van der Waals surface area (Å²) < 4.78 is 10.8. The van der Waals surface area contributed by atoms with Crippen molar-refractivity contribution in [2.75, 3.05) is 12.3 Å². The Kier molecular flexibility index (Phi) is 4.66. The molecule has 0 saturated heterocycles. The molecule has 4 nitrogen and oxygen atoms in total. The van der Waals surface area contributed by atoms with Crippen LogP contribution in [0.1, 0.15) is 32.6 Å². The van der Waals surface area contributed by atoms with Crippen molar-refractivity contribution in [3.8, 4) is 5.75 Å². The standard InChI is InChI=1S/C15H21NO3/c1-11-5-2-3-8-14(11)19-15(17)10-18-13-7-4-6-12(16)9-13/h4,6-7,9,11,14H,2-3,5,8,10,16H2,1H3. The minimum atomic E-state index is -0.304. The van der Waals surface area contributed by atoms with Crippen LogP contribution in [-0.4, -0.2) is 18.7 Å². The molecule has 1 aliphatic carbocycles. The lowest BCUT2D eigenvalue weighted by atomic mass is 9.88. The van der Waals surface area contributed by atoms with Gasteiger partial charge in [-0.15, -0.1) is 0 Å². The fourth-order valence-corrected chi connectivity index (χ4v) is 2.41. The molecule has 2 unspecified atom stereocenters. The zero-order valence-electron chi connectivity index (χ0n) is 11.3. The first-order valence-corrected chi connectivity index (χ1v) is 6.83. The molecule has 1 aromatic carbocycles. The minimum absolute atomic E-state index is 0.0469. The predicted molar refractivity (Wildman–Crippen MR) is 73.9 cm³/mol. The van der Waals surface area contributed by atoms with E-state index in [2.05, 4.69) is 6.92 Å². The Balaban J connectivity index is 1.78. The van der Waals surface area contributed by atoms with Gasteiger partial charge in [0.15, 0.2) is 6.61 Å². The largest absolute Gasteiger partial charge is 0.482 e. The summed E-state index contributed by atoms with van der Waals surface area (Å²) in [6.45, 7) is 2.07. The Morgan fingerprint density at radius 1 is 1.37 bits per heavy atom. The van der Waals surface area contributed by atoms with Gasteiger partial charge in [0.2, 0.25) is 0 Å².